The zero-order valence-electron chi connectivity index (χ0n) is 10.2. The van der Waals surface area contributed by atoms with Gasteiger partial charge in [0.2, 0.25) is 5.91 Å². The number of nitro benzene ring substituents is 1. The zero-order valence-corrected chi connectivity index (χ0v) is 11.8. The lowest BCUT2D eigenvalue weighted by molar-refractivity contribution is -0.385. The summed E-state index contributed by atoms with van der Waals surface area (Å²) in [7, 11) is 0. The monoisotopic (exact) mass is 347 g/mol. The van der Waals surface area contributed by atoms with Crippen molar-refractivity contribution in [3.63, 3.8) is 0 Å². The minimum absolute atomic E-state index is 0.0999. The average Bonchev–Trinajstić information content (AvgIpc) is 2.38. The van der Waals surface area contributed by atoms with Crippen LogP contribution < -0.4 is 10.6 Å². The van der Waals surface area contributed by atoms with Crippen molar-refractivity contribution >= 4 is 33.2 Å². The minimum atomic E-state index is -0.828. The minimum Gasteiger partial charge on any atom is -0.367 e. The van der Waals surface area contributed by atoms with E-state index in [4.69, 9.17) is 10.5 Å². The Balaban J connectivity index is 2.33. The Morgan fingerprint density at radius 2 is 2.30 bits per heavy atom. The number of carbonyl (C=O) groups excluding carboxylic acids is 1. The van der Waals surface area contributed by atoms with Gasteiger partial charge in [0.15, 0.2) is 11.9 Å². The van der Waals surface area contributed by atoms with Crippen LogP contribution >= 0.6 is 15.9 Å². The molecular weight excluding hydrogens is 337 g/mol. The van der Waals surface area contributed by atoms with E-state index in [9.17, 15) is 19.3 Å². The third-order valence-corrected chi connectivity index (χ3v) is 3.52. The zero-order chi connectivity index (χ0) is 14.9. The van der Waals surface area contributed by atoms with Crippen LogP contribution in [0.1, 0.15) is 0 Å². The fourth-order valence-electron chi connectivity index (χ4n) is 1.98. The normalized spacial score (nSPS) is 18.9. The second kappa shape index (κ2) is 5.71. The summed E-state index contributed by atoms with van der Waals surface area (Å²) in [6.45, 7) is 0.677. The highest BCUT2D eigenvalue weighted by Gasteiger charge is 2.28. The van der Waals surface area contributed by atoms with Crippen LogP contribution in [0.4, 0.5) is 15.8 Å². The molecule has 0 aliphatic carbocycles. The van der Waals surface area contributed by atoms with Gasteiger partial charge in [0.1, 0.15) is 0 Å². The maximum atomic E-state index is 14.1. The summed E-state index contributed by atoms with van der Waals surface area (Å²) < 4.78 is 19.5. The molecule has 20 heavy (non-hydrogen) atoms. The first kappa shape index (κ1) is 14.7. The van der Waals surface area contributed by atoms with E-state index >= 15 is 0 Å². The molecule has 1 saturated heterocycles. The van der Waals surface area contributed by atoms with Gasteiger partial charge in [-0.3, -0.25) is 14.9 Å². The molecule has 0 radical (unpaired) electrons. The number of ether oxygens (including phenoxy) is 1. The number of non-ortho nitro benzene ring substituents is 1. The van der Waals surface area contributed by atoms with Crippen molar-refractivity contribution in [1.82, 2.24) is 0 Å². The molecule has 1 aliphatic heterocycles. The van der Waals surface area contributed by atoms with Gasteiger partial charge in [-0.25, -0.2) is 4.39 Å². The van der Waals surface area contributed by atoms with Crippen LogP contribution in [0.3, 0.4) is 0 Å². The molecule has 0 saturated carbocycles. The predicted molar refractivity (Wildman–Crippen MR) is 71.9 cm³/mol. The Morgan fingerprint density at radius 1 is 1.60 bits per heavy atom. The maximum Gasteiger partial charge on any atom is 0.273 e. The molecule has 1 atom stereocenters. The van der Waals surface area contributed by atoms with E-state index in [0.717, 1.165) is 6.07 Å². The van der Waals surface area contributed by atoms with Gasteiger partial charge in [-0.1, -0.05) is 0 Å². The molecule has 1 unspecified atom stereocenters. The number of nitrogens with two attached hydrogens (primary N) is 1. The molecule has 2 rings (SSSR count). The number of primary amides is 1. The lowest BCUT2D eigenvalue weighted by Gasteiger charge is -2.33. The molecule has 1 aromatic rings. The predicted octanol–water partition coefficient (Wildman–Crippen LogP) is 1.19. The number of anilines is 1. The number of nitrogens with zero attached hydrogens (tertiary/aromatic N) is 2. The third-order valence-electron chi connectivity index (χ3n) is 2.91. The first-order valence-electron chi connectivity index (χ1n) is 5.69. The summed E-state index contributed by atoms with van der Waals surface area (Å²) in [5.74, 6) is -1.37. The number of benzene rings is 1. The molecule has 1 amide bonds. The fraction of sp³-hybridized carbons (Fsp3) is 0.364. The number of hydrogen-bond donors (Lipinski definition) is 1. The largest absolute Gasteiger partial charge is 0.367 e. The highest BCUT2D eigenvalue weighted by molar-refractivity contribution is 9.10. The van der Waals surface area contributed by atoms with E-state index in [2.05, 4.69) is 15.9 Å². The van der Waals surface area contributed by atoms with Crippen molar-refractivity contribution in [2.45, 2.75) is 6.10 Å². The Morgan fingerprint density at radius 3 is 2.85 bits per heavy atom. The summed E-state index contributed by atoms with van der Waals surface area (Å²) in [6.07, 6.45) is -0.828. The van der Waals surface area contributed by atoms with Crippen molar-refractivity contribution in [2.75, 3.05) is 24.6 Å². The quantitative estimate of drug-likeness (QED) is 0.653. The van der Waals surface area contributed by atoms with Gasteiger partial charge in [-0.15, -0.1) is 0 Å². The van der Waals surface area contributed by atoms with Crippen LogP contribution in [0.2, 0.25) is 0 Å². The molecule has 1 aromatic carbocycles. The van der Waals surface area contributed by atoms with E-state index in [1.807, 2.05) is 0 Å². The number of amides is 1. The first-order valence-corrected chi connectivity index (χ1v) is 6.48. The molecule has 1 fully saturated rings. The molecule has 0 spiro atoms. The smallest absolute Gasteiger partial charge is 0.273 e. The lowest BCUT2D eigenvalue weighted by Crippen LogP contribution is -2.48. The van der Waals surface area contributed by atoms with Gasteiger partial charge < -0.3 is 15.4 Å². The Hall–Kier alpha value is -1.74. The van der Waals surface area contributed by atoms with E-state index in [-0.39, 0.29) is 29.0 Å². The van der Waals surface area contributed by atoms with Gasteiger partial charge in [-0.2, -0.15) is 0 Å². The summed E-state index contributed by atoms with van der Waals surface area (Å²) in [4.78, 5) is 22.7. The van der Waals surface area contributed by atoms with Crippen LogP contribution in [0.5, 0.6) is 0 Å². The Labute approximate surface area is 121 Å². The van der Waals surface area contributed by atoms with Crippen molar-refractivity contribution in [3.8, 4) is 0 Å². The summed E-state index contributed by atoms with van der Waals surface area (Å²) in [5.41, 5.74) is 4.97. The Bertz CT molecular complexity index is 546. The van der Waals surface area contributed by atoms with Crippen LogP contribution in [0.15, 0.2) is 16.6 Å². The summed E-state index contributed by atoms with van der Waals surface area (Å²) in [5, 5.41) is 10.7. The summed E-state index contributed by atoms with van der Waals surface area (Å²) in [6, 6.07) is 2.06. The first-order chi connectivity index (χ1) is 9.40. The van der Waals surface area contributed by atoms with Crippen LogP contribution in [-0.4, -0.2) is 36.6 Å². The number of carbonyl (C=O) groups is 1. The van der Waals surface area contributed by atoms with Crippen LogP contribution in [0, 0.1) is 15.9 Å². The second-order valence-electron chi connectivity index (χ2n) is 4.22. The second-order valence-corrected chi connectivity index (χ2v) is 5.08. The maximum absolute atomic E-state index is 14.1. The van der Waals surface area contributed by atoms with Crippen molar-refractivity contribution in [2.24, 2.45) is 5.73 Å². The SMILES string of the molecule is NC(=O)C1CN(c2c(F)cc([N+](=O)[O-])cc2Br)CCO1. The number of rotatable bonds is 3. The van der Waals surface area contributed by atoms with Crippen molar-refractivity contribution < 1.29 is 18.8 Å². The molecule has 7 nitrogen and oxygen atoms in total. The molecule has 1 heterocycles. The topological polar surface area (TPSA) is 98.7 Å². The third kappa shape index (κ3) is 2.88. The molecule has 1 aliphatic rings. The molecule has 0 bridgehead atoms. The highest BCUT2D eigenvalue weighted by atomic mass is 79.9. The van der Waals surface area contributed by atoms with E-state index in [1.54, 1.807) is 4.90 Å². The molecule has 2 N–H and O–H groups in total. The van der Waals surface area contributed by atoms with Crippen LogP contribution in [0.25, 0.3) is 0 Å². The van der Waals surface area contributed by atoms with Gasteiger partial charge in [0, 0.05) is 12.6 Å². The van der Waals surface area contributed by atoms with Crippen LogP contribution in [-0.2, 0) is 9.53 Å². The highest BCUT2D eigenvalue weighted by Crippen LogP contribution is 2.34. The molecule has 9 heteroatoms. The van der Waals surface area contributed by atoms with E-state index in [1.165, 1.54) is 6.07 Å². The van der Waals surface area contributed by atoms with Gasteiger partial charge in [0.05, 0.1) is 34.3 Å². The molecule has 108 valence electrons. The van der Waals surface area contributed by atoms with Gasteiger partial charge in [-0.05, 0) is 15.9 Å². The lowest BCUT2D eigenvalue weighted by atomic mass is 10.2. The van der Waals surface area contributed by atoms with Gasteiger partial charge in [0.25, 0.3) is 5.69 Å². The van der Waals surface area contributed by atoms with E-state index in [0.29, 0.717) is 6.54 Å². The number of hydrogen-bond acceptors (Lipinski definition) is 5. The number of halogens is 2. The average molecular weight is 348 g/mol. The summed E-state index contributed by atoms with van der Waals surface area (Å²) >= 11 is 3.12. The van der Waals surface area contributed by atoms with E-state index < -0.39 is 22.8 Å². The number of nitro groups is 1. The molecule has 0 aromatic heterocycles. The van der Waals surface area contributed by atoms with Gasteiger partial charge >= 0.3 is 0 Å². The van der Waals surface area contributed by atoms with Crippen molar-refractivity contribution in [1.29, 1.82) is 0 Å². The Kier molecular flexibility index (Phi) is 4.19. The molecular formula is C11H11BrFN3O4. The standard InChI is InChI=1S/C11H11BrFN3O4/c12-7-3-6(16(18)19)4-8(13)10(7)15-1-2-20-9(5-15)11(14)17/h3-4,9H,1-2,5H2,(H2,14,17). The number of morpholine rings is 1. The van der Waals surface area contributed by atoms with Crippen molar-refractivity contribution in [3.05, 3.63) is 32.5 Å². The fourth-order valence-corrected chi connectivity index (χ4v) is 2.66.